The van der Waals surface area contributed by atoms with Crippen molar-refractivity contribution in [1.29, 1.82) is 0 Å². The zero-order valence-corrected chi connectivity index (χ0v) is 12.2. The number of anilines is 1. The molecule has 0 aromatic heterocycles. The van der Waals surface area contributed by atoms with Gasteiger partial charge in [-0.3, -0.25) is 4.31 Å². The molecule has 0 fully saturated rings. The monoisotopic (exact) mass is 297 g/mol. The average molecular weight is 297 g/mol. The van der Waals surface area contributed by atoms with Crippen molar-refractivity contribution in [2.24, 2.45) is 5.16 Å². The Labute approximate surface area is 119 Å². The fourth-order valence-corrected chi connectivity index (χ4v) is 3.65. The van der Waals surface area contributed by atoms with Gasteiger partial charge in [-0.25, -0.2) is 0 Å². The Morgan fingerprint density at radius 2 is 2.15 bits per heavy atom. The molecule has 0 aliphatic carbocycles. The summed E-state index contributed by atoms with van der Waals surface area (Å²) in [6, 6.07) is 7.09. The highest BCUT2D eigenvalue weighted by atomic mass is 32.2. The fraction of sp³-hybridized carbons (Fsp3) is 0.462. The summed E-state index contributed by atoms with van der Waals surface area (Å²) in [5, 5.41) is 12.4. The van der Waals surface area contributed by atoms with Crippen LogP contribution in [0.2, 0.25) is 0 Å². The Morgan fingerprint density at radius 1 is 1.40 bits per heavy atom. The molecule has 0 spiro atoms. The van der Waals surface area contributed by atoms with E-state index in [2.05, 4.69) is 9.88 Å². The van der Waals surface area contributed by atoms with E-state index < -0.39 is 10.2 Å². The predicted molar refractivity (Wildman–Crippen MR) is 78.6 cm³/mol. The number of nitrogens with one attached hydrogen (secondary N) is 1. The molecule has 1 heterocycles. The number of nitrogens with zero attached hydrogens (tertiary/aromatic N) is 2. The van der Waals surface area contributed by atoms with Crippen LogP contribution in [0, 0.1) is 0 Å². The third-order valence-electron chi connectivity index (χ3n) is 3.20. The lowest BCUT2D eigenvalue weighted by Gasteiger charge is -2.24. The quantitative estimate of drug-likeness (QED) is 0.655. The van der Waals surface area contributed by atoms with E-state index in [1.807, 2.05) is 6.92 Å². The number of hydrogen-bond acceptors (Lipinski definition) is 4. The highest BCUT2D eigenvalue weighted by molar-refractivity contribution is 7.90. The van der Waals surface area contributed by atoms with Crippen LogP contribution in [0.15, 0.2) is 29.4 Å². The average Bonchev–Trinajstić information content (AvgIpc) is 2.64. The summed E-state index contributed by atoms with van der Waals surface area (Å²) in [4.78, 5) is 0. The first-order valence-electron chi connectivity index (χ1n) is 6.68. The van der Waals surface area contributed by atoms with Crippen LogP contribution in [0.5, 0.6) is 0 Å². The Morgan fingerprint density at radius 3 is 2.85 bits per heavy atom. The number of para-hydroxylation sites is 1. The van der Waals surface area contributed by atoms with Crippen LogP contribution >= 0.6 is 0 Å². The highest BCUT2D eigenvalue weighted by Crippen LogP contribution is 2.28. The van der Waals surface area contributed by atoms with E-state index in [9.17, 15) is 8.42 Å². The first-order chi connectivity index (χ1) is 9.60. The maximum Gasteiger partial charge on any atom is 0.301 e. The maximum absolute atomic E-state index is 12.4. The summed E-state index contributed by atoms with van der Waals surface area (Å²) in [6.45, 7) is 2.69. The fourth-order valence-electron chi connectivity index (χ4n) is 2.24. The SMILES string of the molecule is CCCNS(=O)(=O)N1CCC/C(=N/O)c2ccccc21. The van der Waals surface area contributed by atoms with Gasteiger partial charge in [0.25, 0.3) is 0 Å². The molecule has 6 nitrogen and oxygen atoms in total. The lowest BCUT2D eigenvalue weighted by Crippen LogP contribution is -2.41. The summed E-state index contributed by atoms with van der Waals surface area (Å²) in [5.74, 6) is 0. The Balaban J connectivity index is 2.45. The number of fused-ring (bicyclic) bond motifs is 1. The number of rotatable bonds is 4. The van der Waals surface area contributed by atoms with Gasteiger partial charge in [-0.05, 0) is 25.3 Å². The zero-order valence-electron chi connectivity index (χ0n) is 11.4. The summed E-state index contributed by atoms with van der Waals surface area (Å²) in [7, 11) is -3.57. The minimum atomic E-state index is -3.57. The topological polar surface area (TPSA) is 82.0 Å². The van der Waals surface area contributed by atoms with Crippen molar-refractivity contribution in [2.45, 2.75) is 26.2 Å². The van der Waals surface area contributed by atoms with Gasteiger partial charge in [0.05, 0.1) is 11.4 Å². The van der Waals surface area contributed by atoms with Crippen LogP contribution in [0.1, 0.15) is 31.7 Å². The molecule has 110 valence electrons. The van der Waals surface area contributed by atoms with Crippen LogP contribution in [-0.2, 0) is 10.2 Å². The molecule has 2 rings (SSSR count). The van der Waals surface area contributed by atoms with E-state index in [1.54, 1.807) is 24.3 Å². The molecule has 2 N–H and O–H groups in total. The van der Waals surface area contributed by atoms with E-state index in [4.69, 9.17) is 5.21 Å². The molecule has 0 bridgehead atoms. The van der Waals surface area contributed by atoms with Gasteiger partial charge in [-0.2, -0.15) is 13.1 Å². The molecule has 0 saturated carbocycles. The number of hydrogen-bond donors (Lipinski definition) is 2. The molecule has 0 unspecified atom stereocenters. The van der Waals surface area contributed by atoms with Crippen LogP contribution < -0.4 is 9.03 Å². The Bertz CT molecular complexity index is 599. The second-order valence-electron chi connectivity index (χ2n) is 4.64. The molecule has 1 aliphatic rings. The second kappa shape index (κ2) is 6.23. The lowest BCUT2D eigenvalue weighted by molar-refractivity contribution is 0.318. The summed E-state index contributed by atoms with van der Waals surface area (Å²) < 4.78 is 28.7. The van der Waals surface area contributed by atoms with Crippen molar-refractivity contribution < 1.29 is 13.6 Å². The van der Waals surface area contributed by atoms with Crippen LogP contribution in [0.25, 0.3) is 0 Å². The molecule has 20 heavy (non-hydrogen) atoms. The highest BCUT2D eigenvalue weighted by Gasteiger charge is 2.27. The molecule has 0 radical (unpaired) electrons. The summed E-state index contributed by atoms with van der Waals surface area (Å²) >= 11 is 0. The largest absolute Gasteiger partial charge is 0.411 e. The third kappa shape index (κ3) is 2.94. The predicted octanol–water partition coefficient (Wildman–Crippen LogP) is 1.71. The van der Waals surface area contributed by atoms with Gasteiger partial charge >= 0.3 is 10.2 Å². The second-order valence-corrected chi connectivity index (χ2v) is 6.32. The van der Waals surface area contributed by atoms with Gasteiger partial charge in [0.15, 0.2) is 0 Å². The zero-order chi connectivity index (χ0) is 14.6. The van der Waals surface area contributed by atoms with E-state index in [1.165, 1.54) is 4.31 Å². The van der Waals surface area contributed by atoms with Crippen molar-refractivity contribution in [3.8, 4) is 0 Å². The third-order valence-corrected chi connectivity index (χ3v) is 4.73. The minimum Gasteiger partial charge on any atom is -0.411 e. The molecule has 7 heteroatoms. The lowest BCUT2D eigenvalue weighted by atomic mass is 10.1. The maximum atomic E-state index is 12.4. The molecule has 0 atom stereocenters. The van der Waals surface area contributed by atoms with E-state index in [-0.39, 0.29) is 0 Å². The van der Waals surface area contributed by atoms with Gasteiger partial charge in [0, 0.05) is 18.7 Å². The van der Waals surface area contributed by atoms with Crippen molar-refractivity contribution in [1.82, 2.24) is 4.72 Å². The van der Waals surface area contributed by atoms with E-state index in [0.717, 1.165) is 6.42 Å². The van der Waals surface area contributed by atoms with E-state index >= 15 is 0 Å². The van der Waals surface area contributed by atoms with Gasteiger partial charge in [-0.1, -0.05) is 30.3 Å². The molecule has 1 aromatic carbocycles. The van der Waals surface area contributed by atoms with Crippen molar-refractivity contribution in [3.63, 3.8) is 0 Å². The minimum absolute atomic E-state index is 0.370. The molecular weight excluding hydrogens is 278 g/mol. The number of oxime groups is 1. The Hall–Kier alpha value is -1.60. The van der Waals surface area contributed by atoms with Gasteiger partial charge in [-0.15, -0.1) is 0 Å². The summed E-state index contributed by atoms with van der Waals surface area (Å²) in [5.41, 5.74) is 1.74. The van der Waals surface area contributed by atoms with Crippen molar-refractivity contribution in [3.05, 3.63) is 29.8 Å². The molecule has 0 amide bonds. The first kappa shape index (κ1) is 14.8. The van der Waals surface area contributed by atoms with Crippen LogP contribution in [0.4, 0.5) is 5.69 Å². The number of benzene rings is 1. The van der Waals surface area contributed by atoms with Crippen LogP contribution in [0.3, 0.4) is 0 Å². The smallest absolute Gasteiger partial charge is 0.301 e. The molecular formula is C13H19N3O3S. The van der Waals surface area contributed by atoms with Gasteiger partial charge in [0.1, 0.15) is 0 Å². The first-order valence-corrected chi connectivity index (χ1v) is 8.12. The molecule has 1 aromatic rings. The Kier molecular flexibility index (Phi) is 4.61. The molecule has 1 aliphatic heterocycles. The van der Waals surface area contributed by atoms with Crippen molar-refractivity contribution in [2.75, 3.05) is 17.4 Å². The normalized spacial score (nSPS) is 17.9. The standard InChI is InChI=1S/C13H19N3O3S/c1-2-9-14-20(18,19)16-10-5-7-12(15-17)11-6-3-4-8-13(11)16/h3-4,6,8,14,17H,2,5,7,9-10H2,1H3/b15-12-. The van der Waals surface area contributed by atoms with E-state index in [0.29, 0.717) is 42.9 Å². The van der Waals surface area contributed by atoms with Gasteiger partial charge in [0.2, 0.25) is 0 Å². The molecule has 0 saturated heterocycles. The van der Waals surface area contributed by atoms with Crippen LogP contribution in [-0.4, -0.2) is 32.4 Å². The summed E-state index contributed by atoms with van der Waals surface area (Å²) in [6.07, 6.45) is 1.90. The van der Waals surface area contributed by atoms with Gasteiger partial charge < -0.3 is 5.21 Å². The van der Waals surface area contributed by atoms with Crippen molar-refractivity contribution >= 4 is 21.6 Å².